The van der Waals surface area contributed by atoms with Gasteiger partial charge in [0, 0.05) is 19.3 Å². The Balaban J connectivity index is 2.06. The highest BCUT2D eigenvalue weighted by Gasteiger charge is 2.14. The van der Waals surface area contributed by atoms with Crippen LogP contribution in [0.4, 0.5) is 5.69 Å². The lowest BCUT2D eigenvalue weighted by atomic mass is 10.3. The summed E-state index contributed by atoms with van der Waals surface area (Å²) in [4.78, 5) is 19.9. The molecule has 0 unspecified atom stereocenters. The molecule has 0 saturated heterocycles. The zero-order valence-electron chi connectivity index (χ0n) is 9.24. The van der Waals surface area contributed by atoms with Gasteiger partial charge in [-0.05, 0) is 25.0 Å². The van der Waals surface area contributed by atoms with E-state index in [9.17, 15) is 4.79 Å². The molecular weight excluding hydrogens is 240 g/mol. The molecule has 1 aliphatic rings. The molecule has 5 nitrogen and oxygen atoms in total. The number of amides is 1. The van der Waals surface area contributed by atoms with E-state index in [0.717, 1.165) is 19.4 Å². The molecule has 0 aromatic carbocycles. The van der Waals surface area contributed by atoms with Crippen LogP contribution in [0.2, 0.25) is 5.15 Å². The smallest absolute Gasteiger partial charge is 0.290 e. The van der Waals surface area contributed by atoms with Gasteiger partial charge in [0.15, 0.2) is 11.0 Å². The first kappa shape index (κ1) is 11.9. The number of halogens is 1. The van der Waals surface area contributed by atoms with Gasteiger partial charge in [0.25, 0.3) is 5.91 Å². The second-order valence-electron chi connectivity index (χ2n) is 3.66. The molecule has 0 bridgehead atoms. The van der Waals surface area contributed by atoms with Gasteiger partial charge in [-0.3, -0.25) is 9.79 Å². The van der Waals surface area contributed by atoms with Crippen molar-refractivity contribution in [3.8, 4) is 0 Å². The van der Waals surface area contributed by atoms with Crippen molar-refractivity contribution in [3.05, 3.63) is 23.5 Å². The average molecular weight is 253 g/mol. The maximum atomic E-state index is 11.9. The molecule has 6 heteroatoms. The summed E-state index contributed by atoms with van der Waals surface area (Å²) in [5.41, 5.74) is 0.493. The normalized spacial score (nSPS) is 15.5. The lowest BCUT2D eigenvalue weighted by Gasteiger charge is -2.08. The first-order valence-corrected chi connectivity index (χ1v) is 5.85. The van der Waals surface area contributed by atoms with Gasteiger partial charge in [-0.1, -0.05) is 11.6 Å². The fourth-order valence-corrected chi connectivity index (χ4v) is 1.67. The van der Waals surface area contributed by atoms with Gasteiger partial charge in [0.1, 0.15) is 0 Å². The van der Waals surface area contributed by atoms with Crippen LogP contribution in [0.1, 0.15) is 12.8 Å². The summed E-state index contributed by atoms with van der Waals surface area (Å²) in [6.07, 6.45) is 3.59. The van der Waals surface area contributed by atoms with Gasteiger partial charge < -0.3 is 10.6 Å². The fraction of sp³-hybridized carbons (Fsp3) is 0.364. The summed E-state index contributed by atoms with van der Waals surface area (Å²) in [5, 5.41) is 5.95. The maximum Gasteiger partial charge on any atom is 0.290 e. The molecular formula is C11H13ClN4O. The fourth-order valence-electron chi connectivity index (χ4n) is 1.50. The van der Waals surface area contributed by atoms with Crippen molar-refractivity contribution < 1.29 is 4.79 Å². The van der Waals surface area contributed by atoms with E-state index in [2.05, 4.69) is 20.6 Å². The van der Waals surface area contributed by atoms with Gasteiger partial charge in [0.05, 0.1) is 5.69 Å². The number of hydrogen-bond acceptors (Lipinski definition) is 4. The molecule has 0 aliphatic carbocycles. The number of carbonyl (C=O) groups is 1. The summed E-state index contributed by atoms with van der Waals surface area (Å²) in [6.45, 7) is 1.45. The van der Waals surface area contributed by atoms with Crippen molar-refractivity contribution in [3.63, 3.8) is 0 Å². The zero-order chi connectivity index (χ0) is 12.1. The highest BCUT2D eigenvalue weighted by molar-refractivity contribution is 6.43. The number of amidine groups is 1. The Kier molecular flexibility index (Phi) is 3.93. The number of aromatic nitrogens is 1. The van der Waals surface area contributed by atoms with Crippen LogP contribution in [0.25, 0.3) is 0 Å². The SMILES string of the molecule is O=C(Nc1cccnc1Cl)C1=NCCCCN1. The van der Waals surface area contributed by atoms with Gasteiger partial charge in [-0.25, -0.2) is 4.98 Å². The van der Waals surface area contributed by atoms with Gasteiger partial charge in [-0.15, -0.1) is 0 Å². The van der Waals surface area contributed by atoms with Crippen molar-refractivity contribution in [2.75, 3.05) is 18.4 Å². The van der Waals surface area contributed by atoms with E-state index < -0.39 is 0 Å². The number of nitrogens with one attached hydrogen (secondary N) is 2. The average Bonchev–Trinajstić information content (AvgIpc) is 2.61. The predicted molar refractivity (Wildman–Crippen MR) is 67.4 cm³/mol. The second-order valence-corrected chi connectivity index (χ2v) is 4.02. The van der Waals surface area contributed by atoms with E-state index in [1.54, 1.807) is 18.3 Å². The van der Waals surface area contributed by atoms with Crippen LogP contribution in [-0.4, -0.2) is 29.8 Å². The second kappa shape index (κ2) is 5.63. The van der Waals surface area contributed by atoms with Crippen molar-refractivity contribution in [1.82, 2.24) is 10.3 Å². The molecule has 2 rings (SSSR count). The number of nitrogens with zero attached hydrogens (tertiary/aromatic N) is 2. The Labute approximate surface area is 104 Å². The molecule has 2 heterocycles. The molecule has 0 saturated carbocycles. The Morgan fingerprint density at radius 3 is 3.18 bits per heavy atom. The van der Waals surface area contributed by atoms with Crippen LogP contribution >= 0.6 is 11.6 Å². The number of rotatable bonds is 2. The number of hydrogen-bond donors (Lipinski definition) is 2. The Hall–Kier alpha value is -1.62. The standard InChI is InChI=1S/C11H13ClN4O/c12-9-8(4-3-7-13-9)16-11(17)10-14-5-1-2-6-15-10/h3-4,7H,1-2,5-6H2,(H,14,15)(H,16,17). The number of anilines is 1. The van der Waals surface area contributed by atoms with Crippen LogP contribution < -0.4 is 10.6 Å². The molecule has 1 amide bonds. The minimum atomic E-state index is -0.276. The largest absolute Gasteiger partial charge is 0.366 e. The Morgan fingerprint density at radius 2 is 2.35 bits per heavy atom. The first-order valence-electron chi connectivity index (χ1n) is 5.47. The van der Waals surface area contributed by atoms with E-state index >= 15 is 0 Å². The summed E-state index contributed by atoms with van der Waals surface area (Å²) in [6, 6.07) is 3.41. The highest BCUT2D eigenvalue weighted by atomic mass is 35.5. The lowest BCUT2D eigenvalue weighted by Crippen LogP contribution is -2.35. The van der Waals surface area contributed by atoms with Crippen molar-refractivity contribution >= 4 is 29.0 Å². The minimum Gasteiger partial charge on any atom is -0.366 e. The van der Waals surface area contributed by atoms with Crippen molar-refractivity contribution in [1.29, 1.82) is 0 Å². The van der Waals surface area contributed by atoms with E-state index in [-0.39, 0.29) is 11.1 Å². The van der Waals surface area contributed by atoms with Crippen molar-refractivity contribution in [2.45, 2.75) is 12.8 Å². The molecule has 90 valence electrons. The molecule has 0 radical (unpaired) electrons. The highest BCUT2D eigenvalue weighted by Crippen LogP contribution is 2.17. The van der Waals surface area contributed by atoms with Gasteiger partial charge in [0.2, 0.25) is 0 Å². The molecule has 17 heavy (non-hydrogen) atoms. The third-order valence-corrected chi connectivity index (χ3v) is 2.67. The zero-order valence-corrected chi connectivity index (χ0v) is 10.00. The Bertz CT molecular complexity index is 447. The van der Waals surface area contributed by atoms with E-state index in [0.29, 0.717) is 18.1 Å². The van der Waals surface area contributed by atoms with Crippen LogP contribution in [0.5, 0.6) is 0 Å². The molecule has 1 aromatic rings. The predicted octanol–water partition coefficient (Wildman–Crippen LogP) is 1.46. The number of carbonyl (C=O) groups excluding carboxylic acids is 1. The van der Waals surface area contributed by atoms with E-state index in [4.69, 9.17) is 11.6 Å². The summed E-state index contributed by atoms with van der Waals surface area (Å²) < 4.78 is 0. The van der Waals surface area contributed by atoms with Crippen LogP contribution in [0, 0.1) is 0 Å². The minimum absolute atomic E-state index is 0.273. The third kappa shape index (κ3) is 3.17. The Morgan fingerprint density at radius 1 is 1.47 bits per heavy atom. The van der Waals surface area contributed by atoms with Crippen molar-refractivity contribution in [2.24, 2.45) is 4.99 Å². The monoisotopic (exact) mass is 252 g/mol. The molecule has 1 aliphatic heterocycles. The van der Waals surface area contributed by atoms with E-state index in [1.165, 1.54) is 0 Å². The topological polar surface area (TPSA) is 66.4 Å². The van der Waals surface area contributed by atoms with Gasteiger partial charge >= 0.3 is 0 Å². The number of pyridine rings is 1. The summed E-state index contributed by atoms with van der Waals surface area (Å²) >= 11 is 5.85. The lowest BCUT2D eigenvalue weighted by molar-refractivity contribution is -0.110. The first-order chi connectivity index (χ1) is 8.27. The quantitative estimate of drug-likeness (QED) is 0.783. The molecule has 0 atom stereocenters. The number of aliphatic imine (C=N–C) groups is 1. The molecule has 1 aromatic heterocycles. The maximum absolute atomic E-state index is 11.9. The molecule has 0 spiro atoms. The van der Waals surface area contributed by atoms with Crippen LogP contribution in [0.3, 0.4) is 0 Å². The van der Waals surface area contributed by atoms with E-state index in [1.807, 2.05) is 0 Å². The summed E-state index contributed by atoms with van der Waals surface area (Å²) in [5.74, 6) is 0.0872. The van der Waals surface area contributed by atoms with Crippen LogP contribution in [-0.2, 0) is 4.79 Å². The summed E-state index contributed by atoms with van der Waals surface area (Å²) in [7, 11) is 0. The van der Waals surface area contributed by atoms with Gasteiger partial charge in [-0.2, -0.15) is 0 Å². The molecule has 2 N–H and O–H groups in total. The third-order valence-electron chi connectivity index (χ3n) is 2.37. The van der Waals surface area contributed by atoms with Crippen LogP contribution in [0.15, 0.2) is 23.3 Å². The molecule has 0 fully saturated rings.